The van der Waals surface area contributed by atoms with Crippen LogP contribution in [0.25, 0.3) is 0 Å². The molecular formula is C31H30N2O5S. The lowest BCUT2D eigenvalue weighted by atomic mass is 9.96. The minimum atomic E-state index is -0.738. The molecule has 0 aromatic heterocycles. The van der Waals surface area contributed by atoms with Gasteiger partial charge in [-0.1, -0.05) is 92.7 Å². The molecule has 8 heteroatoms. The van der Waals surface area contributed by atoms with Crippen LogP contribution in [0.2, 0.25) is 0 Å². The van der Waals surface area contributed by atoms with Crippen LogP contribution in [-0.2, 0) is 19.1 Å². The third kappa shape index (κ3) is 5.71. The molecule has 200 valence electrons. The lowest BCUT2D eigenvalue weighted by Crippen LogP contribution is -2.71. The fraction of sp³-hybridized carbons (Fsp3) is 0.258. The molecule has 7 nitrogen and oxygen atoms in total. The number of fused-ring (bicyclic) bond motifs is 1. The van der Waals surface area contributed by atoms with E-state index in [1.165, 1.54) is 16.7 Å². The number of nitrogens with zero attached hydrogens (tertiary/aromatic N) is 1. The largest absolute Gasteiger partial charge is 0.484 e. The molecule has 2 heterocycles. The Hall–Kier alpha value is -4.04. The molecule has 2 amide bonds. The topological polar surface area (TPSA) is 84.9 Å². The number of thioether (sulfide) groups is 1. The summed E-state index contributed by atoms with van der Waals surface area (Å²) < 4.78 is 11.7. The van der Waals surface area contributed by atoms with E-state index in [0.717, 1.165) is 16.7 Å². The molecule has 2 aliphatic rings. The Bertz CT molecular complexity index is 1320. The van der Waals surface area contributed by atoms with E-state index in [2.05, 4.69) is 5.32 Å². The van der Waals surface area contributed by atoms with E-state index < -0.39 is 29.4 Å². The van der Waals surface area contributed by atoms with Gasteiger partial charge in [-0.15, -0.1) is 11.8 Å². The van der Waals surface area contributed by atoms with Gasteiger partial charge in [0.25, 0.3) is 11.8 Å². The van der Waals surface area contributed by atoms with Crippen molar-refractivity contribution in [3.8, 4) is 5.75 Å². The SMILES string of the molecule is CC(C)C1=C(C(=O)OC(c2ccccc2)c2ccccc2)N2C(=O)C(NC(=O)COc3ccccc3)[C@H]2SC1. The molecule has 1 fully saturated rings. The van der Waals surface area contributed by atoms with Crippen LogP contribution in [0.1, 0.15) is 31.1 Å². The number of hydrogen-bond donors (Lipinski definition) is 1. The summed E-state index contributed by atoms with van der Waals surface area (Å²) in [7, 11) is 0. The van der Waals surface area contributed by atoms with Gasteiger partial charge in [-0.2, -0.15) is 0 Å². The van der Waals surface area contributed by atoms with Gasteiger partial charge in [0, 0.05) is 5.75 Å². The van der Waals surface area contributed by atoms with Crippen LogP contribution in [0, 0.1) is 5.92 Å². The Labute approximate surface area is 232 Å². The van der Waals surface area contributed by atoms with Gasteiger partial charge in [-0.05, 0) is 34.8 Å². The third-order valence-electron chi connectivity index (χ3n) is 6.75. The molecule has 0 saturated carbocycles. The van der Waals surface area contributed by atoms with Crippen molar-refractivity contribution >= 4 is 29.5 Å². The van der Waals surface area contributed by atoms with E-state index in [1.54, 1.807) is 12.1 Å². The first-order valence-electron chi connectivity index (χ1n) is 12.9. The second kappa shape index (κ2) is 11.8. The zero-order valence-electron chi connectivity index (χ0n) is 21.8. The van der Waals surface area contributed by atoms with Crippen LogP contribution in [0.3, 0.4) is 0 Å². The summed E-state index contributed by atoms with van der Waals surface area (Å²) in [5, 5.41) is 2.39. The van der Waals surface area contributed by atoms with Gasteiger partial charge < -0.3 is 14.8 Å². The highest BCUT2D eigenvalue weighted by molar-refractivity contribution is 8.00. The summed E-state index contributed by atoms with van der Waals surface area (Å²) >= 11 is 1.53. The lowest BCUT2D eigenvalue weighted by Gasteiger charge is -2.50. The number of amides is 2. The number of carbonyl (C=O) groups is 3. The summed E-state index contributed by atoms with van der Waals surface area (Å²) in [5.74, 6) is -0.108. The quantitative estimate of drug-likeness (QED) is 0.312. The second-order valence-electron chi connectivity index (χ2n) is 9.69. The van der Waals surface area contributed by atoms with Crippen LogP contribution in [0.15, 0.2) is 102 Å². The van der Waals surface area contributed by atoms with Crippen molar-refractivity contribution in [1.82, 2.24) is 10.2 Å². The number of carbonyl (C=O) groups excluding carboxylic acids is 3. The molecule has 0 aliphatic carbocycles. The van der Waals surface area contributed by atoms with E-state index in [1.807, 2.05) is 92.7 Å². The van der Waals surface area contributed by atoms with Gasteiger partial charge >= 0.3 is 5.97 Å². The lowest BCUT2D eigenvalue weighted by molar-refractivity contribution is -0.155. The number of ether oxygens (including phenoxy) is 2. The monoisotopic (exact) mass is 542 g/mol. The fourth-order valence-corrected chi connectivity index (χ4v) is 6.26. The minimum absolute atomic E-state index is 0.0358. The number of para-hydroxylation sites is 1. The van der Waals surface area contributed by atoms with Crippen molar-refractivity contribution in [2.24, 2.45) is 5.92 Å². The van der Waals surface area contributed by atoms with Crippen molar-refractivity contribution in [3.63, 3.8) is 0 Å². The predicted octanol–water partition coefficient (Wildman–Crippen LogP) is 4.71. The van der Waals surface area contributed by atoms with Gasteiger partial charge in [-0.25, -0.2) is 4.79 Å². The highest BCUT2D eigenvalue weighted by Gasteiger charge is 2.54. The highest BCUT2D eigenvalue weighted by atomic mass is 32.2. The van der Waals surface area contributed by atoms with Crippen LogP contribution < -0.4 is 10.1 Å². The first-order valence-corrected chi connectivity index (χ1v) is 13.9. The van der Waals surface area contributed by atoms with Gasteiger partial charge in [0.05, 0.1) is 0 Å². The molecule has 1 unspecified atom stereocenters. The maximum atomic E-state index is 13.8. The minimum Gasteiger partial charge on any atom is -0.484 e. The molecule has 2 aliphatic heterocycles. The van der Waals surface area contributed by atoms with E-state index in [-0.39, 0.29) is 24.1 Å². The van der Waals surface area contributed by atoms with Crippen LogP contribution in [0.5, 0.6) is 5.75 Å². The fourth-order valence-electron chi connectivity index (χ4n) is 4.70. The van der Waals surface area contributed by atoms with Crippen molar-refractivity contribution < 1.29 is 23.9 Å². The number of β-lactam (4-membered cyclic amide) rings is 1. The summed E-state index contributed by atoms with van der Waals surface area (Å²) in [4.78, 5) is 41.2. The normalized spacial score (nSPS) is 18.5. The Morgan fingerprint density at radius 2 is 1.49 bits per heavy atom. The van der Waals surface area contributed by atoms with Crippen molar-refractivity contribution in [2.75, 3.05) is 12.4 Å². The standard InChI is InChI=1S/C31H30N2O5S/c1-20(2)24-19-39-30-26(32-25(34)18-37-23-16-10-5-11-17-23)29(35)33(30)27(24)31(36)38-28(21-12-6-3-7-13-21)22-14-8-4-9-15-22/h3-17,20,26,28,30H,18-19H2,1-2H3,(H,32,34)/t26?,30-/m1/s1. The van der Waals surface area contributed by atoms with Gasteiger partial charge in [0.15, 0.2) is 12.7 Å². The number of rotatable bonds is 9. The summed E-state index contributed by atoms with van der Waals surface area (Å²) in [5.41, 5.74) is 2.81. The average Bonchev–Trinajstić information content (AvgIpc) is 2.98. The van der Waals surface area contributed by atoms with Crippen molar-refractivity contribution in [1.29, 1.82) is 0 Å². The first-order chi connectivity index (χ1) is 18.9. The molecular weight excluding hydrogens is 512 g/mol. The number of hydrogen-bond acceptors (Lipinski definition) is 6. The van der Waals surface area contributed by atoms with Crippen LogP contribution in [0.4, 0.5) is 0 Å². The molecule has 5 rings (SSSR count). The number of benzene rings is 3. The maximum Gasteiger partial charge on any atom is 0.356 e. The van der Waals surface area contributed by atoms with Crippen LogP contribution >= 0.6 is 11.8 Å². The third-order valence-corrected chi connectivity index (χ3v) is 8.05. The van der Waals surface area contributed by atoms with Gasteiger partial charge in [0.2, 0.25) is 0 Å². The zero-order chi connectivity index (χ0) is 27.4. The molecule has 3 aromatic rings. The smallest absolute Gasteiger partial charge is 0.356 e. The number of nitrogens with one attached hydrogen (secondary N) is 1. The predicted molar refractivity (Wildman–Crippen MR) is 150 cm³/mol. The summed E-state index contributed by atoms with van der Waals surface area (Å²) in [6.07, 6.45) is -0.629. The van der Waals surface area contributed by atoms with Crippen molar-refractivity contribution in [2.45, 2.75) is 31.4 Å². The second-order valence-corrected chi connectivity index (χ2v) is 10.8. The Balaban J connectivity index is 1.34. The molecule has 3 aromatic carbocycles. The molecule has 1 N–H and O–H groups in total. The van der Waals surface area contributed by atoms with E-state index in [4.69, 9.17) is 9.47 Å². The average molecular weight is 543 g/mol. The maximum absolute atomic E-state index is 13.8. The molecule has 1 saturated heterocycles. The summed E-state index contributed by atoms with van der Waals surface area (Å²) in [6.45, 7) is 3.79. The highest BCUT2D eigenvalue weighted by Crippen LogP contribution is 2.43. The summed E-state index contributed by atoms with van der Waals surface area (Å²) in [6, 6.07) is 27.4. The first kappa shape index (κ1) is 26.6. The molecule has 0 spiro atoms. The molecule has 2 atom stereocenters. The molecule has 39 heavy (non-hydrogen) atoms. The van der Waals surface area contributed by atoms with Gasteiger partial charge in [0.1, 0.15) is 22.9 Å². The van der Waals surface area contributed by atoms with Gasteiger partial charge in [-0.3, -0.25) is 14.5 Å². The Kier molecular flexibility index (Phi) is 8.02. The van der Waals surface area contributed by atoms with Crippen LogP contribution in [-0.4, -0.2) is 46.5 Å². The molecule has 0 bridgehead atoms. The Morgan fingerprint density at radius 1 is 0.923 bits per heavy atom. The van der Waals surface area contributed by atoms with Crippen molar-refractivity contribution in [3.05, 3.63) is 113 Å². The zero-order valence-corrected chi connectivity index (χ0v) is 22.6. The Morgan fingerprint density at radius 3 is 2.05 bits per heavy atom. The van der Waals surface area contributed by atoms with E-state index >= 15 is 0 Å². The van der Waals surface area contributed by atoms with E-state index in [9.17, 15) is 14.4 Å². The number of esters is 1. The molecule has 0 radical (unpaired) electrons. The van der Waals surface area contributed by atoms with E-state index in [0.29, 0.717) is 11.5 Å².